The van der Waals surface area contributed by atoms with Crippen LogP contribution in [0.5, 0.6) is 10.8 Å². The Morgan fingerprint density at radius 1 is 0.912 bits per heavy atom. The van der Waals surface area contributed by atoms with Gasteiger partial charge in [-0.05, 0) is 41.1 Å². The molecule has 0 saturated carbocycles. The van der Waals surface area contributed by atoms with Crippen LogP contribution in [0.2, 0.25) is 0 Å². The first-order chi connectivity index (χ1) is 16.3. The van der Waals surface area contributed by atoms with Gasteiger partial charge in [-0.3, -0.25) is 0 Å². The molecule has 0 unspecified atom stereocenters. The molecule has 0 atom stereocenters. The Morgan fingerprint density at radius 3 is 2.56 bits per heavy atom. The smallest absolute Gasteiger partial charge is 0.238 e. The predicted octanol–water partition coefficient (Wildman–Crippen LogP) is 5.12. The molecule has 0 bridgehead atoms. The monoisotopic (exact) mass is 489 g/mol. The van der Waals surface area contributed by atoms with Crippen molar-refractivity contribution in [2.24, 2.45) is 5.14 Å². The Balaban J connectivity index is 1.42. The first-order valence-corrected chi connectivity index (χ1v) is 12.5. The summed E-state index contributed by atoms with van der Waals surface area (Å²) in [5.74, 6) is 0.986. The minimum Gasteiger partial charge on any atom is -0.444 e. The van der Waals surface area contributed by atoms with Crippen molar-refractivity contribution in [3.8, 4) is 22.1 Å². The highest BCUT2D eigenvalue weighted by Crippen LogP contribution is 2.40. The highest BCUT2D eigenvalue weighted by atomic mass is 32.2. The summed E-state index contributed by atoms with van der Waals surface area (Å²) in [7, 11) is -3.81. The van der Waals surface area contributed by atoms with Gasteiger partial charge in [0.25, 0.3) is 0 Å². The molecule has 0 spiro atoms. The number of sulfonamides is 1. The number of aromatic nitrogens is 2. The van der Waals surface area contributed by atoms with Gasteiger partial charge in [-0.2, -0.15) is 0 Å². The predicted molar refractivity (Wildman–Crippen MR) is 135 cm³/mol. The highest BCUT2D eigenvalue weighted by Gasteiger charge is 2.15. The number of hydrogen-bond donors (Lipinski definition) is 3. The zero-order valence-electron chi connectivity index (χ0n) is 17.7. The molecule has 5 aromatic rings. The highest BCUT2D eigenvalue weighted by molar-refractivity contribution is 7.89. The molecule has 5 N–H and O–H groups in total. The van der Waals surface area contributed by atoms with Crippen molar-refractivity contribution in [1.29, 1.82) is 0 Å². The van der Waals surface area contributed by atoms with E-state index in [4.69, 9.17) is 15.6 Å². The van der Waals surface area contributed by atoms with Crippen LogP contribution in [0.3, 0.4) is 0 Å². The summed E-state index contributed by atoms with van der Waals surface area (Å²) >= 11 is 1.25. The van der Waals surface area contributed by atoms with Crippen LogP contribution in [0, 0.1) is 0 Å². The van der Waals surface area contributed by atoms with Gasteiger partial charge in [-0.25, -0.2) is 23.5 Å². The number of primary sulfonamides is 1. The maximum absolute atomic E-state index is 11.6. The van der Waals surface area contributed by atoms with E-state index in [1.54, 1.807) is 30.5 Å². The van der Waals surface area contributed by atoms with Crippen molar-refractivity contribution < 1.29 is 13.2 Å². The number of thiazole rings is 1. The Morgan fingerprint density at radius 2 is 1.74 bits per heavy atom. The number of nitrogens with one attached hydrogen (secondary N) is 1. The van der Waals surface area contributed by atoms with Gasteiger partial charge in [0.2, 0.25) is 15.1 Å². The molecule has 0 fully saturated rings. The fraction of sp³-hybridized carbons (Fsp3) is 0. The van der Waals surface area contributed by atoms with E-state index in [1.807, 2.05) is 30.3 Å². The molecule has 2 aromatic heterocycles. The number of nitrogen functional groups attached to an aromatic ring is 1. The summed E-state index contributed by atoms with van der Waals surface area (Å²) in [5, 5.41) is 11.5. The van der Waals surface area contributed by atoms with E-state index in [-0.39, 0.29) is 4.90 Å². The average molecular weight is 490 g/mol. The van der Waals surface area contributed by atoms with Gasteiger partial charge in [0, 0.05) is 23.5 Å². The van der Waals surface area contributed by atoms with Crippen LogP contribution in [-0.4, -0.2) is 18.4 Å². The van der Waals surface area contributed by atoms with Crippen molar-refractivity contribution in [1.82, 2.24) is 9.97 Å². The number of anilines is 3. The van der Waals surface area contributed by atoms with Crippen LogP contribution in [-0.2, 0) is 10.0 Å². The third kappa shape index (κ3) is 4.69. The molecule has 10 heteroatoms. The number of rotatable bonds is 6. The zero-order valence-corrected chi connectivity index (χ0v) is 19.3. The molecule has 34 heavy (non-hydrogen) atoms. The molecule has 0 amide bonds. The Labute approximate surface area is 199 Å². The van der Waals surface area contributed by atoms with Crippen molar-refractivity contribution >= 4 is 48.8 Å². The first kappa shape index (κ1) is 21.8. The lowest BCUT2D eigenvalue weighted by Crippen LogP contribution is -2.12. The van der Waals surface area contributed by atoms with Crippen LogP contribution in [0.4, 0.5) is 16.6 Å². The van der Waals surface area contributed by atoms with E-state index < -0.39 is 10.0 Å². The fourth-order valence-electron chi connectivity index (χ4n) is 3.46. The van der Waals surface area contributed by atoms with Gasteiger partial charge in [0.05, 0.1) is 4.90 Å². The van der Waals surface area contributed by atoms with Crippen LogP contribution in [0.15, 0.2) is 90.0 Å². The van der Waals surface area contributed by atoms with E-state index in [2.05, 4.69) is 27.4 Å². The van der Waals surface area contributed by atoms with Crippen molar-refractivity contribution in [3.05, 3.63) is 85.1 Å². The summed E-state index contributed by atoms with van der Waals surface area (Å²) in [6, 6.07) is 23.7. The second-order valence-electron chi connectivity index (χ2n) is 7.43. The van der Waals surface area contributed by atoms with E-state index in [1.165, 1.54) is 23.5 Å². The number of ether oxygens (including phenoxy) is 1. The second kappa shape index (κ2) is 8.75. The lowest BCUT2D eigenvalue weighted by molar-refractivity contribution is 0.496. The fourth-order valence-corrected chi connectivity index (χ4v) is 4.74. The van der Waals surface area contributed by atoms with E-state index >= 15 is 0 Å². The summed E-state index contributed by atoms with van der Waals surface area (Å²) < 4.78 is 29.4. The SMILES string of the molecule is Nc1nc(-c2ccc3ccccc3c2)c(Oc2ccnc(Nc3cccc(S(N)(=O)=O)c3)c2)s1. The maximum atomic E-state index is 11.6. The van der Waals surface area contributed by atoms with Crippen LogP contribution in [0.25, 0.3) is 22.0 Å². The number of benzene rings is 3. The van der Waals surface area contributed by atoms with Gasteiger partial charge in [0.15, 0.2) is 5.13 Å². The van der Waals surface area contributed by atoms with Crippen molar-refractivity contribution in [3.63, 3.8) is 0 Å². The molecule has 2 heterocycles. The quantitative estimate of drug-likeness (QED) is 0.301. The largest absolute Gasteiger partial charge is 0.444 e. The second-order valence-corrected chi connectivity index (χ2v) is 9.98. The molecular formula is C24H19N5O3S2. The van der Waals surface area contributed by atoms with Gasteiger partial charge >= 0.3 is 0 Å². The van der Waals surface area contributed by atoms with Gasteiger partial charge in [-0.1, -0.05) is 53.8 Å². The van der Waals surface area contributed by atoms with Crippen molar-refractivity contribution in [2.45, 2.75) is 4.90 Å². The van der Waals surface area contributed by atoms with Gasteiger partial charge in [-0.15, -0.1) is 0 Å². The minimum atomic E-state index is -3.81. The third-order valence-electron chi connectivity index (χ3n) is 5.01. The molecule has 0 radical (unpaired) electrons. The Hall–Kier alpha value is -3.99. The topological polar surface area (TPSA) is 133 Å². The number of fused-ring (bicyclic) bond motifs is 1. The summed E-state index contributed by atoms with van der Waals surface area (Å²) in [4.78, 5) is 8.76. The number of hydrogen-bond acceptors (Lipinski definition) is 8. The molecule has 170 valence electrons. The average Bonchev–Trinajstić information content (AvgIpc) is 3.18. The van der Waals surface area contributed by atoms with Crippen LogP contribution < -0.4 is 20.9 Å². The first-order valence-electron chi connectivity index (χ1n) is 10.1. The lowest BCUT2D eigenvalue weighted by Gasteiger charge is -2.10. The third-order valence-corrected chi connectivity index (χ3v) is 6.69. The summed E-state index contributed by atoms with van der Waals surface area (Å²) in [6.07, 6.45) is 1.58. The van der Waals surface area contributed by atoms with Crippen LogP contribution in [0.1, 0.15) is 0 Å². The molecule has 0 aliphatic carbocycles. The van der Waals surface area contributed by atoms with Gasteiger partial charge < -0.3 is 15.8 Å². The molecule has 3 aromatic carbocycles. The summed E-state index contributed by atoms with van der Waals surface area (Å²) in [6.45, 7) is 0. The van der Waals surface area contributed by atoms with Gasteiger partial charge in [0.1, 0.15) is 17.3 Å². The summed E-state index contributed by atoms with van der Waals surface area (Å²) in [5.41, 5.74) is 8.08. The number of nitrogens with two attached hydrogens (primary N) is 2. The lowest BCUT2D eigenvalue weighted by atomic mass is 10.1. The number of pyridine rings is 1. The molecule has 8 nitrogen and oxygen atoms in total. The Bertz CT molecular complexity index is 1620. The molecule has 0 saturated heterocycles. The van der Waals surface area contributed by atoms with E-state index in [0.717, 1.165) is 16.3 Å². The molecule has 0 aliphatic rings. The zero-order chi connectivity index (χ0) is 23.7. The van der Waals surface area contributed by atoms with E-state index in [9.17, 15) is 8.42 Å². The van der Waals surface area contributed by atoms with Crippen molar-refractivity contribution in [2.75, 3.05) is 11.1 Å². The normalized spacial score (nSPS) is 11.4. The number of nitrogens with zero attached hydrogens (tertiary/aromatic N) is 2. The minimum absolute atomic E-state index is 0.00469. The molecule has 5 rings (SSSR count). The van der Waals surface area contributed by atoms with E-state index in [0.29, 0.717) is 33.1 Å². The molecule has 0 aliphatic heterocycles. The van der Waals surface area contributed by atoms with Crippen LogP contribution >= 0.6 is 11.3 Å². The Kier molecular flexibility index (Phi) is 5.62. The molecular weight excluding hydrogens is 470 g/mol. The maximum Gasteiger partial charge on any atom is 0.238 e. The standard InChI is InChI=1S/C24H19N5O3S2/c25-24-29-22(17-9-8-15-4-1-2-5-16(15)12-17)23(33-24)32-19-10-11-27-21(14-19)28-18-6-3-7-20(13-18)34(26,30)31/h1-14H,(H2,25,29)(H,27,28)(H2,26,30,31).